The summed E-state index contributed by atoms with van der Waals surface area (Å²) in [5.41, 5.74) is 10.2. The molecule has 0 aliphatic carbocycles. The molecule has 0 heterocycles. The molecule has 0 bridgehead atoms. The van der Waals surface area contributed by atoms with Crippen LogP contribution in [0.3, 0.4) is 0 Å². The average Bonchev–Trinajstić information content (AvgIpc) is 2.22. The minimum absolute atomic E-state index is 0.669. The topological polar surface area (TPSA) is 59.6 Å². The van der Waals surface area contributed by atoms with E-state index in [0.717, 1.165) is 24.4 Å². The number of nitrogens with one attached hydrogen (secondary N) is 1. The van der Waals surface area contributed by atoms with Crippen molar-refractivity contribution >= 4 is 6.21 Å². The van der Waals surface area contributed by atoms with E-state index in [1.807, 2.05) is 27.7 Å². The van der Waals surface area contributed by atoms with E-state index in [1.54, 1.807) is 12.3 Å². The Balaban J connectivity index is 4.41. The SMILES string of the molecule is CCN=CC(C)=C(N)/C=C(\C)ONCC. The molecule has 0 spiro atoms. The molecule has 0 saturated heterocycles. The molecule has 0 radical (unpaired) electrons. The Kier molecular flexibility index (Phi) is 7.36. The molecule has 0 unspecified atom stereocenters. The molecule has 0 atom stereocenters. The van der Waals surface area contributed by atoms with E-state index in [4.69, 9.17) is 10.6 Å². The molecule has 3 N–H and O–H groups in total. The van der Waals surface area contributed by atoms with Gasteiger partial charge in [0.25, 0.3) is 0 Å². The molecule has 4 nitrogen and oxygen atoms in total. The van der Waals surface area contributed by atoms with Crippen molar-refractivity contribution in [2.45, 2.75) is 27.7 Å². The van der Waals surface area contributed by atoms with Crippen LogP contribution in [0.1, 0.15) is 27.7 Å². The largest absolute Gasteiger partial charge is 0.413 e. The van der Waals surface area contributed by atoms with Gasteiger partial charge in [0.2, 0.25) is 0 Å². The van der Waals surface area contributed by atoms with Gasteiger partial charge in [0.05, 0.1) is 0 Å². The van der Waals surface area contributed by atoms with Crippen molar-refractivity contribution < 1.29 is 4.84 Å². The van der Waals surface area contributed by atoms with Crippen LogP contribution in [0.5, 0.6) is 0 Å². The van der Waals surface area contributed by atoms with Gasteiger partial charge in [-0.1, -0.05) is 0 Å². The summed E-state index contributed by atoms with van der Waals surface area (Å²) in [5.74, 6) is 0.735. The Hall–Kier alpha value is -1.29. The molecule has 15 heavy (non-hydrogen) atoms. The van der Waals surface area contributed by atoms with E-state index in [-0.39, 0.29) is 0 Å². The van der Waals surface area contributed by atoms with Gasteiger partial charge in [0.15, 0.2) is 0 Å². The normalized spacial score (nSPS) is 14.3. The maximum absolute atomic E-state index is 5.83. The first-order valence-electron chi connectivity index (χ1n) is 5.16. The fourth-order valence-corrected chi connectivity index (χ4v) is 0.851. The lowest BCUT2D eigenvalue weighted by molar-refractivity contribution is 0.111. The van der Waals surface area contributed by atoms with Gasteiger partial charge in [0.1, 0.15) is 5.76 Å². The summed E-state index contributed by atoms with van der Waals surface area (Å²) in [6.07, 6.45) is 3.55. The number of hydroxylamine groups is 1. The van der Waals surface area contributed by atoms with Crippen LogP contribution in [0.2, 0.25) is 0 Å². The molecule has 0 fully saturated rings. The summed E-state index contributed by atoms with van der Waals surface area (Å²) in [5, 5.41) is 0. The van der Waals surface area contributed by atoms with E-state index < -0.39 is 0 Å². The van der Waals surface area contributed by atoms with Crippen molar-refractivity contribution in [1.82, 2.24) is 5.48 Å². The van der Waals surface area contributed by atoms with Crippen LogP contribution in [0.25, 0.3) is 0 Å². The van der Waals surface area contributed by atoms with Gasteiger partial charge in [-0.25, -0.2) is 0 Å². The number of allylic oxidation sites excluding steroid dienone is 3. The van der Waals surface area contributed by atoms with Crippen LogP contribution in [-0.2, 0) is 4.84 Å². The highest BCUT2D eigenvalue weighted by atomic mass is 16.6. The standard InChI is InChI=1S/C11H21N3O/c1-5-13-8-9(3)11(12)7-10(4)15-14-6-2/h7-8,14H,5-6,12H2,1-4H3/b10-7+,11-9?,13-8?. The van der Waals surface area contributed by atoms with Gasteiger partial charge in [-0.3, -0.25) is 4.99 Å². The van der Waals surface area contributed by atoms with E-state index in [2.05, 4.69) is 10.5 Å². The van der Waals surface area contributed by atoms with Crippen molar-refractivity contribution in [3.8, 4) is 0 Å². The Morgan fingerprint density at radius 3 is 2.60 bits per heavy atom. The van der Waals surface area contributed by atoms with Crippen molar-refractivity contribution in [1.29, 1.82) is 0 Å². The van der Waals surface area contributed by atoms with E-state index in [9.17, 15) is 0 Å². The van der Waals surface area contributed by atoms with Gasteiger partial charge >= 0.3 is 0 Å². The third kappa shape index (κ3) is 6.74. The molecule has 0 aromatic heterocycles. The zero-order valence-corrected chi connectivity index (χ0v) is 10.0. The van der Waals surface area contributed by atoms with Crippen molar-refractivity contribution in [3.05, 3.63) is 23.1 Å². The average molecular weight is 211 g/mol. The Morgan fingerprint density at radius 2 is 2.07 bits per heavy atom. The summed E-state index contributed by atoms with van der Waals surface area (Å²) >= 11 is 0. The second-order valence-electron chi connectivity index (χ2n) is 3.12. The molecule has 0 aromatic carbocycles. The molecular weight excluding hydrogens is 190 g/mol. The highest BCUT2D eigenvalue weighted by Gasteiger charge is 1.94. The van der Waals surface area contributed by atoms with Crippen molar-refractivity contribution in [3.63, 3.8) is 0 Å². The van der Waals surface area contributed by atoms with E-state index in [1.165, 1.54) is 0 Å². The Labute approximate surface area is 91.9 Å². The highest BCUT2D eigenvalue weighted by molar-refractivity contribution is 5.79. The predicted molar refractivity (Wildman–Crippen MR) is 64.4 cm³/mol. The maximum Gasteiger partial charge on any atom is 0.123 e. The highest BCUT2D eigenvalue weighted by Crippen LogP contribution is 2.02. The van der Waals surface area contributed by atoms with Crippen LogP contribution >= 0.6 is 0 Å². The first-order chi connectivity index (χ1) is 7.11. The third-order valence-corrected chi connectivity index (χ3v) is 1.66. The number of hydrogen-bond donors (Lipinski definition) is 2. The minimum atomic E-state index is 0.669. The summed E-state index contributed by atoms with van der Waals surface area (Å²) in [7, 11) is 0. The Bertz CT molecular complexity index is 267. The summed E-state index contributed by atoms with van der Waals surface area (Å²) in [6.45, 7) is 9.23. The number of nitrogens with zero attached hydrogens (tertiary/aromatic N) is 1. The quantitative estimate of drug-likeness (QED) is 0.304. The fraction of sp³-hybridized carbons (Fsp3) is 0.545. The molecular formula is C11H21N3O. The van der Waals surface area contributed by atoms with Gasteiger partial charge in [-0.05, 0) is 33.3 Å². The van der Waals surface area contributed by atoms with Crippen LogP contribution in [0, 0.1) is 0 Å². The van der Waals surface area contributed by atoms with E-state index >= 15 is 0 Å². The molecule has 4 heteroatoms. The number of hydrogen-bond acceptors (Lipinski definition) is 4. The van der Waals surface area contributed by atoms with Gasteiger partial charge in [0, 0.05) is 31.1 Å². The number of aliphatic imine (C=N–C) groups is 1. The van der Waals surface area contributed by atoms with Crippen molar-refractivity contribution in [2.24, 2.45) is 10.7 Å². The van der Waals surface area contributed by atoms with Crippen LogP contribution in [-0.4, -0.2) is 19.3 Å². The molecule has 0 amide bonds. The molecule has 0 rings (SSSR count). The number of rotatable bonds is 6. The zero-order valence-electron chi connectivity index (χ0n) is 10.0. The molecule has 0 saturated carbocycles. The third-order valence-electron chi connectivity index (χ3n) is 1.66. The molecule has 0 aliphatic heterocycles. The monoisotopic (exact) mass is 211 g/mol. The second-order valence-corrected chi connectivity index (χ2v) is 3.12. The minimum Gasteiger partial charge on any atom is -0.413 e. The van der Waals surface area contributed by atoms with Gasteiger partial charge in [-0.15, -0.1) is 0 Å². The smallest absolute Gasteiger partial charge is 0.123 e. The van der Waals surface area contributed by atoms with Gasteiger partial charge < -0.3 is 10.6 Å². The molecule has 0 aliphatic rings. The summed E-state index contributed by atoms with van der Waals surface area (Å²) < 4.78 is 0. The molecule has 86 valence electrons. The summed E-state index contributed by atoms with van der Waals surface area (Å²) in [6, 6.07) is 0. The fourth-order valence-electron chi connectivity index (χ4n) is 0.851. The zero-order chi connectivity index (χ0) is 11.7. The van der Waals surface area contributed by atoms with Crippen molar-refractivity contribution in [2.75, 3.05) is 13.1 Å². The summed E-state index contributed by atoms with van der Waals surface area (Å²) in [4.78, 5) is 9.28. The second kappa shape index (κ2) is 8.05. The van der Waals surface area contributed by atoms with E-state index in [0.29, 0.717) is 5.70 Å². The van der Waals surface area contributed by atoms with Crippen LogP contribution in [0.15, 0.2) is 28.1 Å². The lowest BCUT2D eigenvalue weighted by Gasteiger charge is -2.05. The first kappa shape index (κ1) is 13.7. The number of nitrogens with two attached hydrogens (primary N) is 1. The predicted octanol–water partition coefficient (Wildman–Crippen LogP) is 1.75. The lowest BCUT2D eigenvalue weighted by atomic mass is 10.2. The lowest BCUT2D eigenvalue weighted by Crippen LogP contribution is -2.12. The van der Waals surface area contributed by atoms with Crippen LogP contribution < -0.4 is 11.2 Å². The van der Waals surface area contributed by atoms with Gasteiger partial charge in [-0.2, -0.15) is 5.48 Å². The maximum atomic E-state index is 5.83. The first-order valence-corrected chi connectivity index (χ1v) is 5.16. The molecule has 0 aromatic rings. The Morgan fingerprint density at radius 1 is 1.40 bits per heavy atom. The van der Waals surface area contributed by atoms with Crippen LogP contribution in [0.4, 0.5) is 0 Å².